The quantitative estimate of drug-likeness (QED) is 0.526. The predicted octanol–water partition coefficient (Wildman–Crippen LogP) is 6.34. The number of hydrogen-bond acceptors (Lipinski definition) is 4. The van der Waals surface area contributed by atoms with Crippen LogP contribution in [0.4, 0.5) is 10.5 Å². The lowest BCUT2D eigenvalue weighted by Crippen LogP contribution is -2.48. The van der Waals surface area contributed by atoms with Crippen molar-refractivity contribution in [3.8, 4) is 0 Å². The predicted molar refractivity (Wildman–Crippen MR) is 129 cm³/mol. The fourth-order valence-electron chi connectivity index (χ4n) is 4.98. The first-order chi connectivity index (χ1) is 14.7. The van der Waals surface area contributed by atoms with E-state index in [9.17, 15) is 9.59 Å². The van der Waals surface area contributed by atoms with Crippen molar-refractivity contribution < 1.29 is 9.59 Å². The van der Waals surface area contributed by atoms with Crippen molar-refractivity contribution >= 4 is 34.7 Å². The maximum atomic E-state index is 13.0. The number of nitrogens with zero attached hydrogens (tertiary/aromatic N) is 2. The Kier molecular flexibility index (Phi) is 5.73. The molecule has 2 aromatic carbocycles. The lowest BCUT2D eigenvalue weighted by atomic mass is 9.79. The standard InChI is InChI=1S/C26H30N2O2S/c1-6-28-22-11-10-19(13-21(22)18(3)15-26(28,4)5)14-23-24(29)27(25(30)31-23)16-20-9-7-8-17(2)12-20/h7-14,18H,6,15-16H2,1-5H3/b23-14+. The SMILES string of the molecule is CCN1c2ccc(/C=C3/SC(=O)N(Cc4cccc(C)c4)C3=O)cc2C(C)CC1(C)C. The second-order valence-corrected chi connectivity index (χ2v) is 10.2. The number of aryl methyl sites for hydroxylation is 1. The molecule has 4 nitrogen and oxygen atoms in total. The lowest BCUT2D eigenvalue weighted by Gasteiger charge is -2.47. The zero-order valence-electron chi connectivity index (χ0n) is 18.9. The number of amides is 2. The smallest absolute Gasteiger partial charge is 0.293 e. The Hall–Kier alpha value is -2.53. The van der Waals surface area contributed by atoms with E-state index in [1.54, 1.807) is 0 Å². The van der Waals surface area contributed by atoms with Gasteiger partial charge >= 0.3 is 0 Å². The number of carbonyl (C=O) groups is 2. The van der Waals surface area contributed by atoms with Gasteiger partial charge < -0.3 is 4.90 Å². The summed E-state index contributed by atoms with van der Waals surface area (Å²) in [5, 5.41) is -0.206. The molecule has 5 heteroatoms. The zero-order valence-corrected chi connectivity index (χ0v) is 19.8. The largest absolute Gasteiger partial charge is 0.366 e. The Morgan fingerprint density at radius 1 is 1.16 bits per heavy atom. The summed E-state index contributed by atoms with van der Waals surface area (Å²) in [4.78, 5) is 29.8. The highest BCUT2D eigenvalue weighted by atomic mass is 32.2. The highest BCUT2D eigenvalue weighted by molar-refractivity contribution is 8.18. The van der Waals surface area contributed by atoms with Crippen LogP contribution in [0.5, 0.6) is 0 Å². The Morgan fingerprint density at radius 2 is 1.94 bits per heavy atom. The molecule has 31 heavy (non-hydrogen) atoms. The molecule has 2 amide bonds. The highest BCUT2D eigenvalue weighted by Crippen LogP contribution is 2.44. The first-order valence-corrected chi connectivity index (χ1v) is 11.7. The molecule has 0 saturated carbocycles. The second kappa shape index (κ2) is 8.19. The number of imide groups is 1. The molecule has 0 aliphatic carbocycles. The summed E-state index contributed by atoms with van der Waals surface area (Å²) in [6, 6.07) is 14.3. The summed E-state index contributed by atoms with van der Waals surface area (Å²) in [5.41, 5.74) is 5.77. The van der Waals surface area contributed by atoms with Crippen molar-refractivity contribution in [3.05, 3.63) is 69.6 Å². The van der Waals surface area contributed by atoms with Gasteiger partial charge in [0.05, 0.1) is 11.4 Å². The Morgan fingerprint density at radius 3 is 2.65 bits per heavy atom. The number of benzene rings is 2. The van der Waals surface area contributed by atoms with Gasteiger partial charge in [0.15, 0.2) is 0 Å². The average Bonchev–Trinajstić information content (AvgIpc) is 2.95. The first kappa shape index (κ1) is 21.7. The van der Waals surface area contributed by atoms with Crippen LogP contribution >= 0.6 is 11.8 Å². The molecule has 162 valence electrons. The van der Waals surface area contributed by atoms with Gasteiger partial charge in [-0.05, 0) is 86.7 Å². The minimum Gasteiger partial charge on any atom is -0.366 e. The third-order valence-corrected chi connectivity index (χ3v) is 7.23. The van der Waals surface area contributed by atoms with Crippen LogP contribution in [0.3, 0.4) is 0 Å². The highest BCUT2D eigenvalue weighted by Gasteiger charge is 2.37. The molecule has 2 aliphatic heterocycles. The maximum absolute atomic E-state index is 13.0. The van der Waals surface area contributed by atoms with Crippen LogP contribution in [0, 0.1) is 6.92 Å². The van der Waals surface area contributed by atoms with Crippen LogP contribution in [-0.4, -0.2) is 28.1 Å². The van der Waals surface area contributed by atoms with E-state index in [2.05, 4.69) is 50.8 Å². The van der Waals surface area contributed by atoms with Crippen molar-refractivity contribution in [2.45, 2.75) is 59.0 Å². The molecule has 0 aromatic heterocycles. The van der Waals surface area contributed by atoms with Crippen LogP contribution in [0.1, 0.15) is 62.3 Å². The molecule has 1 saturated heterocycles. The van der Waals surface area contributed by atoms with Crippen LogP contribution in [0.25, 0.3) is 6.08 Å². The average molecular weight is 435 g/mol. The molecule has 1 fully saturated rings. The first-order valence-electron chi connectivity index (χ1n) is 10.9. The normalized spacial score (nSPS) is 21.7. The van der Waals surface area contributed by atoms with Gasteiger partial charge in [-0.25, -0.2) is 0 Å². The summed E-state index contributed by atoms with van der Waals surface area (Å²) in [7, 11) is 0. The van der Waals surface area contributed by atoms with Gasteiger partial charge in [0.2, 0.25) is 0 Å². The molecule has 0 radical (unpaired) electrons. The number of rotatable bonds is 4. The van der Waals surface area contributed by atoms with Gasteiger partial charge in [-0.2, -0.15) is 0 Å². The molecule has 0 N–H and O–H groups in total. The van der Waals surface area contributed by atoms with E-state index in [-0.39, 0.29) is 16.7 Å². The van der Waals surface area contributed by atoms with Crippen molar-refractivity contribution in [1.82, 2.24) is 4.90 Å². The molecule has 2 heterocycles. The Balaban J connectivity index is 1.60. The van der Waals surface area contributed by atoms with Crippen LogP contribution in [-0.2, 0) is 11.3 Å². The third kappa shape index (κ3) is 4.16. The molecule has 4 rings (SSSR count). The number of fused-ring (bicyclic) bond motifs is 1. The monoisotopic (exact) mass is 434 g/mol. The Bertz CT molecular complexity index is 1070. The molecule has 2 aliphatic rings. The van der Waals surface area contributed by atoms with Gasteiger partial charge in [0.25, 0.3) is 11.1 Å². The van der Waals surface area contributed by atoms with Gasteiger partial charge in [-0.3, -0.25) is 14.5 Å². The van der Waals surface area contributed by atoms with Crippen LogP contribution < -0.4 is 4.90 Å². The summed E-state index contributed by atoms with van der Waals surface area (Å²) in [5.74, 6) is 0.233. The molecule has 2 aromatic rings. The van der Waals surface area contributed by atoms with Crippen molar-refractivity contribution in [3.63, 3.8) is 0 Å². The minimum atomic E-state index is -0.210. The number of thioether (sulfide) groups is 1. The minimum absolute atomic E-state index is 0.126. The topological polar surface area (TPSA) is 40.6 Å². The van der Waals surface area contributed by atoms with Gasteiger partial charge in [0.1, 0.15) is 0 Å². The summed E-state index contributed by atoms with van der Waals surface area (Å²) >= 11 is 1.03. The van der Waals surface area contributed by atoms with Gasteiger partial charge in [-0.1, -0.05) is 42.8 Å². The van der Waals surface area contributed by atoms with Crippen LogP contribution in [0.15, 0.2) is 47.4 Å². The van der Waals surface area contributed by atoms with Crippen molar-refractivity contribution in [1.29, 1.82) is 0 Å². The number of hydrogen-bond donors (Lipinski definition) is 0. The maximum Gasteiger partial charge on any atom is 0.293 e. The second-order valence-electron chi connectivity index (χ2n) is 9.24. The molecular weight excluding hydrogens is 404 g/mol. The van der Waals surface area contributed by atoms with Crippen LogP contribution in [0.2, 0.25) is 0 Å². The van der Waals surface area contributed by atoms with E-state index >= 15 is 0 Å². The molecule has 0 bridgehead atoms. The zero-order chi connectivity index (χ0) is 22.3. The van der Waals surface area contributed by atoms with E-state index < -0.39 is 0 Å². The molecular formula is C26H30N2O2S. The van der Waals surface area contributed by atoms with E-state index in [1.165, 1.54) is 16.2 Å². The molecule has 1 atom stereocenters. The van der Waals surface area contributed by atoms with Crippen molar-refractivity contribution in [2.24, 2.45) is 0 Å². The van der Waals surface area contributed by atoms with E-state index in [0.717, 1.165) is 41.4 Å². The summed E-state index contributed by atoms with van der Waals surface area (Å²) < 4.78 is 0. The van der Waals surface area contributed by atoms with E-state index in [4.69, 9.17) is 0 Å². The number of anilines is 1. The van der Waals surface area contributed by atoms with E-state index in [0.29, 0.717) is 17.4 Å². The fraction of sp³-hybridized carbons (Fsp3) is 0.385. The summed E-state index contributed by atoms with van der Waals surface area (Å²) in [6.07, 6.45) is 2.95. The molecule has 0 spiro atoms. The fourth-order valence-corrected chi connectivity index (χ4v) is 5.82. The van der Waals surface area contributed by atoms with Gasteiger partial charge in [-0.15, -0.1) is 0 Å². The summed E-state index contributed by atoms with van der Waals surface area (Å²) in [6.45, 7) is 12.3. The van der Waals surface area contributed by atoms with E-state index in [1.807, 2.05) is 37.3 Å². The lowest BCUT2D eigenvalue weighted by molar-refractivity contribution is -0.123. The third-order valence-electron chi connectivity index (χ3n) is 6.32. The van der Waals surface area contributed by atoms with Crippen molar-refractivity contribution in [2.75, 3.05) is 11.4 Å². The molecule has 1 unspecified atom stereocenters. The Labute approximate surface area is 189 Å². The van der Waals surface area contributed by atoms with Gasteiger partial charge in [0, 0.05) is 17.8 Å². The number of carbonyl (C=O) groups excluding carboxylic acids is 2.